The Kier molecular flexibility index (Phi) is 2.65. The van der Waals surface area contributed by atoms with Gasteiger partial charge in [-0.3, -0.25) is 0 Å². The van der Waals surface area contributed by atoms with Gasteiger partial charge in [0.2, 0.25) is 0 Å². The van der Waals surface area contributed by atoms with Crippen molar-refractivity contribution in [3.05, 3.63) is 34.7 Å². The van der Waals surface area contributed by atoms with E-state index in [1.54, 1.807) is 0 Å². The number of hydrogen-bond acceptors (Lipinski definition) is 3. The van der Waals surface area contributed by atoms with E-state index in [0.717, 1.165) is 11.3 Å². The molecule has 0 radical (unpaired) electrons. The molecule has 14 heavy (non-hydrogen) atoms. The maximum Gasteiger partial charge on any atom is 0.167 e. The van der Waals surface area contributed by atoms with Crippen LogP contribution in [0.25, 0.3) is 0 Å². The molecule has 0 saturated heterocycles. The number of rotatable bonds is 2. The maximum absolute atomic E-state index is 10.6. The summed E-state index contributed by atoms with van der Waals surface area (Å²) in [6.45, 7) is 0.472. The quantitative estimate of drug-likeness (QED) is 0.558. The van der Waals surface area contributed by atoms with Crippen LogP contribution in [0.4, 0.5) is 5.69 Å². The fourth-order valence-electron chi connectivity index (χ4n) is 1.47. The average molecular weight is 213 g/mol. The van der Waals surface area contributed by atoms with Gasteiger partial charge in [-0.15, -0.1) is 16.5 Å². The van der Waals surface area contributed by atoms with Crippen LogP contribution in [0.5, 0.6) is 0 Å². The van der Waals surface area contributed by atoms with Crippen molar-refractivity contribution >= 4 is 17.3 Å². The zero-order chi connectivity index (χ0) is 9.97. The highest BCUT2D eigenvalue weighted by Gasteiger charge is 2.26. The molecule has 1 atom stereocenters. The Morgan fingerprint density at radius 1 is 1.57 bits per heavy atom. The molecule has 0 spiro atoms. The fraction of sp³-hybridized carbons (Fsp3) is 0.333. The molecule has 0 bridgehead atoms. The molecule has 1 aliphatic heterocycles. The van der Waals surface area contributed by atoms with Crippen LogP contribution in [0.3, 0.4) is 0 Å². The van der Waals surface area contributed by atoms with Crippen molar-refractivity contribution in [2.24, 2.45) is 5.29 Å². The van der Waals surface area contributed by atoms with E-state index in [-0.39, 0.29) is 5.88 Å². The van der Waals surface area contributed by atoms with Gasteiger partial charge in [-0.25, -0.2) is 0 Å². The van der Waals surface area contributed by atoms with Crippen LogP contribution < -0.4 is 5.01 Å². The SMILES string of the molecule is O=NN1c2ccccc2COC1CCl. The van der Waals surface area contributed by atoms with Crippen LogP contribution in [0.2, 0.25) is 0 Å². The molecule has 0 N–H and O–H groups in total. The van der Waals surface area contributed by atoms with Crippen molar-refractivity contribution in [3.63, 3.8) is 0 Å². The largest absolute Gasteiger partial charge is 0.350 e. The molecular formula is C9H9ClN2O2. The lowest BCUT2D eigenvalue weighted by atomic mass is 10.1. The molecule has 0 amide bonds. The number of alkyl halides is 1. The second-order valence-corrected chi connectivity index (χ2v) is 3.28. The third kappa shape index (κ3) is 1.47. The molecule has 2 rings (SSSR count). The summed E-state index contributed by atoms with van der Waals surface area (Å²) in [6, 6.07) is 7.48. The van der Waals surface area contributed by atoms with Crippen LogP contribution in [0.15, 0.2) is 29.6 Å². The molecule has 1 aliphatic rings. The van der Waals surface area contributed by atoms with Crippen LogP contribution >= 0.6 is 11.6 Å². The first-order valence-electron chi connectivity index (χ1n) is 4.25. The first kappa shape index (κ1) is 9.43. The summed E-state index contributed by atoms with van der Waals surface area (Å²) in [4.78, 5) is 10.6. The topological polar surface area (TPSA) is 41.9 Å². The van der Waals surface area contributed by atoms with Crippen molar-refractivity contribution in [1.82, 2.24) is 0 Å². The Morgan fingerprint density at radius 3 is 3.07 bits per heavy atom. The highest BCUT2D eigenvalue weighted by Crippen LogP contribution is 2.29. The molecule has 1 heterocycles. The van der Waals surface area contributed by atoms with Gasteiger partial charge in [0.25, 0.3) is 0 Å². The predicted molar refractivity (Wildman–Crippen MR) is 54.0 cm³/mol. The number of nitrogens with zero attached hydrogens (tertiary/aromatic N) is 2. The van der Waals surface area contributed by atoms with Crippen molar-refractivity contribution in [3.8, 4) is 0 Å². The van der Waals surface area contributed by atoms with Gasteiger partial charge < -0.3 is 4.74 Å². The van der Waals surface area contributed by atoms with Gasteiger partial charge in [0.05, 0.1) is 23.5 Å². The van der Waals surface area contributed by atoms with Crippen LogP contribution in [0.1, 0.15) is 5.56 Å². The third-order valence-electron chi connectivity index (χ3n) is 2.16. The number of fused-ring (bicyclic) bond motifs is 1. The lowest BCUT2D eigenvalue weighted by molar-refractivity contribution is 0.0426. The minimum atomic E-state index is -0.455. The summed E-state index contributed by atoms with van der Waals surface area (Å²) >= 11 is 5.65. The molecule has 4 nitrogen and oxygen atoms in total. The first-order valence-corrected chi connectivity index (χ1v) is 4.78. The van der Waals surface area contributed by atoms with Gasteiger partial charge in [0.15, 0.2) is 6.23 Å². The van der Waals surface area contributed by atoms with E-state index in [1.807, 2.05) is 24.3 Å². The van der Waals surface area contributed by atoms with Crippen molar-refractivity contribution in [2.75, 3.05) is 10.9 Å². The summed E-state index contributed by atoms with van der Waals surface area (Å²) in [5, 5.41) is 4.18. The molecule has 1 aromatic carbocycles. The van der Waals surface area contributed by atoms with Gasteiger partial charge in [0, 0.05) is 5.56 Å². The van der Waals surface area contributed by atoms with Gasteiger partial charge in [-0.2, -0.15) is 5.01 Å². The molecule has 0 aliphatic carbocycles. The standard InChI is InChI=1S/C9H9ClN2O2/c10-5-9-12(11-13)8-4-2-1-3-7(8)6-14-9/h1-4,9H,5-6H2. The van der Waals surface area contributed by atoms with Crippen LogP contribution in [0, 0.1) is 4.91 Å². The molecule has 74 valence electrons. The molecule has 0 saturated carbocycles. The molecule has 0 aromatic heterocycles. The third-order valence-corrected chi connectivity index (χ3v) is 2.43. The van der Waals surface area contributed by atoms with E-state index in [4.69, 9.17) is 16.3 Å². The zero-order valence-corrected chi connectivity index (χ0v) is 8.15. The smallest absolute Gasteiger partial charge is 0.167 e. The number of halogens is 1. The average Bonchev–Trinajstić information content (AvgIpc) is 2.27. The van der Waals surface area contributed by atoms with Crippen molar-refractivity contribution in [1.29, 1.82) is 0 Å². The highest BCUT2D eigenvalue weighted by molar-refractivity contribution is 6.18. The van der Waals surface area contributed by atoms with Gasteiger partial charge in [0.1, 0.15) is 0 Å². The second kappa shape index (κ2) is 3.94. The number of benzene rings is 1. The molecule has 0 fully saturated rings. The van der Waals surface area contributed by atoms with Crippen molar-refractivity contribution < 1.29 is 4.74 Å². The van der Waals surface area contributed by atoms with Gasteiger partial charge in [-0.1, -0.05) is 18.2 Å². The molecular weight excluding hydrogens is 204 g/mol. The monoisotopic (exact) mass is 212 g/mol. The lowest BCUT2D eigenvalue weighted by Crippen LogP contribution is -2.38. The minimum absolute atomic E-state index is 0.222. The first-order chi connectivity index (χ1) is 6.86. The number of nitroso groups, excluding NO2 is 1. The Balaban J connectivity index is 2.39. The Labute approximate surface area is 86.4 Å². The summed E-state index contributed by atoms with van der Waals surface area (Å²) in [5.41, 5.74) is 1.73. The minimum Gasteiger partial charge on any atom is -0.350 e. The molecule has 1 unspecified atom stereocenters. The summed E-state index contributed by atoms with van der Waals surface area (Å²) in [6.07, 6.45) is -0.455. The predicted octanol–water partition coefficient (Wildman–Crippen LogP) is 2.27. The lowest BCUT2D eigenvalue weighted by Gasteiger charge is -2.31. The fourth-order valence-corrected chi connectivity index (χ4v) is 1.69. The van der Waals surface area contributed by atoms with Crippen molar-refractivity contribution in [2.45, 2.75) is 12.8 Å². The number of anilines is 1. The summed E-state index contributed by atoms with van der Waals surface area (Å²) in [7, 11) is 0. The van der Waals surface area contributed by atoms with Crippen LogP contribution in [-0.2, 0) is 11.3 Å². The molecule has 5 heteroatoms. The van der Waals surface area contributed by atoms with E-state index >= 15 is 0 Å². The van der Waals surface area contributed by atoms with E-state index in [0.29, 0.717) is 6.61 Å². The maximum atomic E-state index is 10.6. The van der Waals surface area contributed by atoms with E-state index < -0.39 is 6.23 Å². The highest BCUT2D eigenvalue weighted by atomic mass is 35.5. The number of ether oxygens (including phenoxy) is 1. The van der Waals surface area contributed by atoms with E-state index in [2.05, 4.69) is 5.29 Å². The summed E-state index contributed by atoms with van der Waals surface area (Å²) < 4.78 is 5.36. The van der Waals surface area contributed by atoms with Gasteiger partial charge in [-0.05, 0) is 6.07 Å². The van der Waals surface area contributed by atoms with Gasteiger partial charge >= 0.3 is 0 Å². The van der Waals surface area contributed by atoms with E-state index in [9.17, 15) is 4.91 Å². The Morgan fingerprint density at radius 2 is 2.36 bits per heavy atom. The second-order valence-electron chi connectivity index (χ2n) is 2.97. The summed E-state index contributed by atoms with van der Waals surface area (Å²) in [5.74, 6) is 0.222. The number of para-hydroxylation sites is 1. The Hall–Kier alpha value is -1.13. The van der Waals surface area contributed by atoms with E-state index in [1.165, 1.54) is 5.01 Å². The number of hydrogen-bond donors (Lipinski definition) is 0. The Bertz CT molecular complexity index is 345. The molecule has 1 aromatic rings. The van der Waals surface area contributed by atoms with Crippen LogP contribution in [-0.4, -0.2) is 12.1 Å². The zero-order valence-electron chi connectivity index (χ0n) is 7.39. The normalized spacial score (nSPS) is 20.4.